The van der Waals surface area contributed by atoms with Crippen molar-refractivity contribution in [1.82, 2.24) is 4.90 Å². The summed E-state index contributed by atoms with van der Waals surface area (Å²) >= 11 is 0. The maximum absolute atomic E-state index is 6.42. The average Bonchev–Trinajstić information content (AvgIpc) is 2.52. The highest BCUT2D eigenvalue weighted by atomic mass is 16.5. The lowest BCUT2D eigenvalue weighted by atomic mass is 9.95. The van der Waals surface area contributed by atoms with E-state index < -0.39 is 0 Å². The third-order valence-corrected chi connectivity index (χ3v) is 4.18. The van der Waals surface area contributed by atoms with E-state index in [4.69, 9.17) is 16.3 Å². The van der Waals surface area contributed by atoms with Gasteiger partial charge in [0.2, 0.25) is 0 Å². The summed E-state index contributed by atoms with van der Waals surface area (Å²) < 4.78 is 5.77. The van der Waals surface area contributed by atoms with Crippen LogP contribution in [0.25, 0.3) is 5.57 Å². The molecule has 1 heterocycles. The van der Waals surface area contributed by atoms with Crippen molar-refractivity contribution in [3.8, 4) is 5.75 Å². The Bertz CT molecular complexity index is 649. The second-order valence-corrected chi connectivity index (χ2v) is 6.42. The summed E-state index contributed by atoms with van der Waals surface area (Å²) in [5.74, 6) is 7.36. The van der Waals surface area contributed by atoms with Crippen molar-refractivity contribution in [1.29, 1.82) is 0 Å². The smallest absolute Gasteiger partial charge is 0.120 e. The molecule has 25 heavy (non-hydrogen) atoms. The second-order valence-electron chi connectivity index (χ2n) is 6.42. The van der Waals surface area contributed by atoms with Crippen LogP contribution in [0.1, 0.15) is 32.3 Å². The van der Waals surface area contributed by atoms with Gasteiger partial charge in [0, 0.05) is 37.3 Å². The van der Waals surface area contributed by atoms with Crippen molar-refractivity contribution in [3.63, 3.8) is 0 Å². The molecule has 0 bridgehead atoms. The molecule has 1 aromatic carbocycles. The van der Waals surface area contributed by atoms with Gasteiger partial charge in [-0.1, -0.05) is 13.2 Å². The normalized spacial score (nSPS) is 15.6. The van der Waals surface area contributed by atoms with E-state index in [0.29, 0.717) is 6.42 Å². The van der Waals surface area contributed by atoms with Gasteiger partial charge in [0.05, 0.1) is 11.8 Å². The number of likely N-dealkylation sites (tertiary alicyclic amines) is 1. The van der Waals surface area contributed by atoms with Gasteiger partial charge >= 0.3 is 0 Å². The second kappa shape index (κ2) is 8.69. The zero-order valence-corrected chi connectivity index (χ0v) is 15.2. The highest BCUT2D eigenvalue weighted by Crippen LogP contribution is 2.30. The molecule has 1 aliphatic rings. The molecule has 6 nitrogen and oxygen atoms in total. The lowest BCUT2D eigenvalue weighted by molar-refractivity contribution is 0.242. The van der Waals surface area contributed by atoms with E-state index in [1.807, 2.05) is 32.0 Å². The summed E-state index contributed by atoms with van der Waals surface area (Å²) in [6, 6.07) is 5.40. The minimum atomic E-state index is -0.277. The largest absolute Gasteiger partial charge is 0.491 e. The van der Waals surface area contributed by atoms with Crippen LogP contribution in [0.5, 0.6) is 5.75 Å². The molecule has 1 aliphatic heterocycles. The first-order valence-corrected chi connectivity index (χ1v) is 8.60. The molecule has 0 radical (unpaired) electrons. The van der Waals surface area contributed by atoms with Gasteiger partial charge in [-0.2, -0.15) is 0 Å². The van der Waals surface area contributed by atoms with Crippen LogP contribution in [-0.2, 0) is 0 Å². The minimum Gasteiger partial charge on any atom is -0.491 e. The first kappa shape index (κ1) is 19.0. The predicted molar refractivity (Wildman–Crippen MR) is 105 cm³/mol. The van der Waals surface area contributed by atoms with E-state index in [1.165, 1.54) is 6.42 Å². The van der Waals surface area contributed by atoms with Crippen LogP contribution >= 0.6 is 0 Å². The summed E-state index contributed by atoms with van der Waals surface area (Å²) in [4.78, 5) is 6.60. The third kappa shape index (κ3) is 4.84. The summed E-state index contributed by atoms with van der Waals surface area (Å²) in [5, 5.41) is 0. The van der Waals surface area contributed by atoms with Crippen molar-refractivity contribution >= 4 is 17.1 Å². The minimum absolute atomic E-state index is 0.0872. The molecular weight excluding hydrogens is 314 g/mol. The fourth-order valence-corrected chi connectivity index (χ4v) is 2.72. The number of anilines is 1. The predicted octanol–water partition coefficient (Wildman–Crippen LogP) is 2.74. The Balaban J connectivity index is 2.19. The molecule has 2 rings (SSSR count). The van der Waals surface area contributed by atoms with Crippen LogP contribution in [0, 0.1) is 0 Å². The number of benzene rings is 1. The molecule has 0 unspecified atom stereocenters. The lowest BCUT2D eigenvalue weighted by Crippen LogP contribution is -2.44. The number of nitrogens with zero attached hydrogens (tertiary/aromatic N) is 2. The number of rotatable bonds is 8. The van der Waals surface area contributed by atoms with Crippen molar-refractivity contribution in [2.24, 2.45) is 16.6 Å². The van der Waals surface area contributed by atoms with Crippen LogP contribution < -0.4 is 21.7 Å². The Labute approximate surface area is 150 Å². The first-order chi connectivity index (χ1) is 12.0. The third-order valence-electron chi connectivity index (χ3n) is 4.18. The Hall–Kier alpha value is -2.31. The van der Waals surface area contributed by atoms with Crippen molar-refractivity contribution < 1.29 is 4.74 Å². The van der Waals surface area contributed by atoms with Gasteiger partial charge in [-0.25, -0.2) is 4.99 Å². The van der Waals surface area contributed by atoms with Crippen LogP contribution in [0.2, 0.25) is 0 Å². The average molecular weight is 343 g/mol. The number of ether oxygens (including phenoxy) is 1. The molecule has 1 saturated heterocycles. The van der Waals surface area contributed by atoms with Gasteiger partial charge in [0.1, 0.15) is 11.6 Å². The van der Waals surface area contributed by atoms with Gasteiger partial charge in [-0.15, -0.1) is 0 Å². The van der Waals surface area contributed by atoms with Gasteiger partial charge in [0.25, 0.3) is 0 Å². The van der Waals surface area contributed by atoms with E-state index >= 15 is 0 Å². The number of hydrogen-bond acceptors (Lipinski definition) is 5. The van der Waals surface area contributed by atoms with Crippen molar-refractivity contribution in [3.05, 3.63) is 43.1 Å². The van der Waals surface area contributed by atoms with Gasteiger partial charge in [-0.05, 0) is 44.0 Å². The fourth-order valence-electron chi connectivity index (χ4n) is 2.72. The summed E-state index contributed by atoms with van der Waals surface area (Å²) in [6.07, 6.45) is 3.43. The number of hydrogen-bond donors (Lipinski definition) is 3. The Morgan fingerprint density at radius 3 is 2.68 bits per heavy atom. The Kier molecular flexibility index (Phi) is 6.61. The van der Waals surface area contributed by atoms with E-state index in [0.717, 1.165) is 41.5 Å². The van der Waals surface area contributed by atoms with E-state index in [1.54, 1.807) is 6.20 Å². The molecule has 0 saturated carbocycles. The number of nitrogens with one attached hydrogen (secondary N) is 1. The Morgan fingerprint density at radius 1 is 1.44 bits per heavy atom. The summed E-state index contributed by atoms with van der Waals surface area (Å²) in [6.45, 7) is 13.9. The van der Waals surface area contributed by atoms with Crippen molar-refractivity contribution in [2.75, 3.05) is 18.5 Å². The van der Waals surface area contributed by atoms with Crippen LogP contribution in [0.4, 0.5) is 5.69 Å². The van der Waals surface area contributed by atoms with Crippen LogP contribution in [-0.4, -0.2) is 36.0 Å². The maximum Gasteiger partial charge on any atom is 0.120 e. The fraction of sp³-hybridized carbons (Fsp3) is 0.421. The van der Waals surface area contributed by atoms with Gasteiger partial charge in [-0.3, -0.25) is 5.84 Å². The first-order valence-electron chi connectivity index (χ1n) is 8.60. The van der Waals surface area contributed by atoms with Crippen LogP contribution in [0.15, 0.2) is 42.5 Å². The number of nitrogens with two attached hydrogens (primary N) is 2. The van der Waals surface area contributed by atoms with Crippen LogP contribution in [0.3, 0.4) is 0 Å². The molecule has 0 aromatic heterocycles. The molecule has 1 atom stereocenters. The number of hydrazine groups is 1. The Morgan fingerprint density at radius 2 is 2.16 bits per heavy atom. The number of amidine groups is 1. The van der Waals surface area contributed by atoms with E-state index in [-0.39, 0.29) is 12.1 Å². The molecule has 1 aromatic rings. The molecule has 1 fully saturated rings. The topological polar surface area (TPSA) is 88.9 Å². The maximum atomic E-state index is 6.42. The molecule has 0 aliphatic carbocycles. The van der Waals surface area contributed by atoms with Gasteiger partial charge in [0.15, 0.2) is 0 Å². The molecule has 5 N–H and O–H groups in total. The molecule has 6 heteroatoms. The molecule has 0 spiro atoms. The highest BCUT2D eigenvalue weighted by molar-refractivity contribution is 5.88. The number of nitrogen functional groups attached to an aromatic ring is 1. The zero-order valence-electron chi connectivity index (χ0n) is 15.2. The quantitative estimate of drug-likeness (QED) is 0.292. The summed E-state index contributed by atoms with van der Waals surface area (Å²) in [5.41, 5.74) is 11.5. The highest BCUT2D eigenvalue weighted by Gasteiger charge is 2.22. The standard InChI is InChI=1S/C19H29N5O/c1-5-22-19(24-9-6-10-24)12-17(20)14(4)16-11-15(25-13(2)3)7-8-18(16)23-21/h5,7-8,11,13,17,23H,1,4,6,9-10,12,20-21H2,2-3H3/t17-/m1/s1. The SMILES string of the molecule is C=CN=C(C[C@@H](N)C(=C)c1cc(OC(C)C)ccc1NN)N1CCC1. The monoisotopic (exact) mass is 343 g/mol. The number of aliphatic imine (C=N–C) groups is 1. The van der Waals surface area contributed by atoms with Gasteiger partial charge < -0.3 is 20.8 Å². The zero-order chi connectivity index (χ0) is 18.4. The van der Waals surface area contributed by atoms with Crippen molar-refractivity contribution in [2.45, 2.75) is 38.8 Å². The molecular formula is C19H29N5O. The van der Waals surface area contributed by atoms with E-state index in [9.17, 15) is 0 Å². The van der Waals surface area contributed by atoms with E-state index in [2.05, 4.69) is 28.5 Å². The molecule has 136 valence electrons. The molecule has 0 amide bonds. The lowest BCUT2D eigenvalue weighted by Gasteiger charge is -2.35. The summed E-state index contributed by atoms with van der Waals surface area (Å²) in [7, 11) is 0.